The number of halogens is 2. The van der Waals surface area contributed by atoms with Crippen molar-refractivity contribution in [3.63, 3.8) is 0 Å². The highest BCUT2D eigenvalue weighted by Gasteiger charge is 2.29. The maximum atomic E-state index is 6.17. The molecule has 1 fully saturated rings. The molecule has 2 aromatic rings. The van der Waals surface area contributed by atoms with Crippen LogP contribution in [0.25, 0.3) is 0 Å². The van der Waals surface area contributed by atoms with Crippen molar-refractivity contribution in [3.05, 3.63) is 49.9 Å². The van der Waals surface area contributed by atoms with Gasteiger partial charge in [-0.1, -0.05) is 29.8 Å². The van der Waals surface area contributed by atoms with Crippen molar-refractivity contribution < 1.29 is 0 Å². The lowest BCUT2D eigenvalue weighted by atomic mass is 10.1. The van der Waals surface area contributed by atoms with E-state index in [0.29, 0.717) is 18.2 Å². The Kier molecular flexibility index (Phi) is 3.62. The topological polar surface area (TPSA) is 51.8 Å². The molecule has 1 aliphatic rings. The monoisotopic (exact) mass is 385 g/mol. The van der Waals surface area contributed by atoms with Crippen LogP contribution in [0.3, 0.4) is 0 Å². The van der Waals surface area contributed by atoms with E-state index < -0.39 is 0 Å². The van der Waals surface area contributed by atoms with Crippen LogP contribution >= 0.6 is 34.2 Å². The molecular weight excluding hydrogens is 373 g/mol. The number of rotatable bonds is 3. The molecule has 0 atom stereocenters. The standard InChI is InChI=1S/C14H13ClIN3/c15-10-4-2-1-3-9(10)7-11-18-13(8-5-6-8)12(16)14(17)19-11/h1-4,8H,5-7H2,(H2,17,18,19). The number of hydrogen-bond acceptors (Lipinski definition) is 3. The van der Waals surface area contributed by atoms with Crippen LogP contribution in [0.5, 0.6) is 0 Å². The zero-order valence-corrected chi connectivity index (χ0v) is 13.1. The number of nitrogens with zero attached hydrogens (tertiary/aromatic N) is 2. The summed E-state index contributed by atoms with van der Waals surface area (Å²) in [5, 5.41) is 0.746. The van der Waals surface area contributed by atoms with E-state index in [1.54, 1.807) is 0 Å². The molecule has 0 bridgehead atoms. The van der Waals surface area contributed by atoms with Crippen LogP contribution in [0.15, 0.2) is 24.3 Å². The Bertz CT molecular complexity index is 626. The van der Waals surface area contributed by atoms with Gasteiger partial charge in [0.05, 0.1) is 9.26 Å². The maximum absolute atomic E-state index is 6.17. The minimum absolute atomic E-state index is 0.571. The number of nitrogens with two attached hydrogens (primary N) is 1. The second kappa shape index (κ2) is 5.25. The van der Waals surface area contributed by atoms with E-state index in [1.165, 1.54) is 12.8 Å². The van der Waals surface area contributed by atoms with Crippen molar-refractivity contribution in [1.29, 1.82) is 0 Å². The molecule has 1 aliphatic carbocycles. The quantitative estimate of drug-likeness (QED) is 0.818. The van der Waals surface area contributed by atoms with Gasteiger partial charge in [0.25, 0.3) is 0 Å². The van der Waals surface area contributed by atoms with Crippen molar-refractivity contribution in [2.45, 2.75) is 25.2 Å². The third-order valence-electron chi connectivity index (χ3n) is 3.22. The fraction of sp³-hybridized carbons (Fsp3) is 0.286. The van der Waals surface area contributed by atoms with E-state index in [-0.39, 0.29) is 0 Å². The Labute approximate surface area is 130 Å². The van der Waals surface area contributed by atoms with Gasteiger partial charge in [0.1, 0.15) is 11.6 Å². The van der Waals surface area contributed by atoms with E-state index in [4.69, 9.17) is 17.3 Å². The summed E-state index contributed by atoms with van der Waals surface area (Å²) in [6.45, 7) is 0. The molecule has 1 saturated carbocycles. The van der Waals surface area contributed by atoms with E-state index in [2.05, 4.69) is 32.6 Å². The molecule has 0 aliphatic heterocycles. The summed E-state index contributed by atoms with van der Waals surface area (Å²) in [5.74, 6) is 1.91. The molecular formula is C14H13ClIN3. The molecule has 19 heavy (non-hydrogen) atoms. The predicted octanol–water partition coefficient (Wildman–Crippen LogP) is 3.79. The van der Waals surface area contributed by atoms with Gasteiger partial charge in [-0.3, -0.25) is 0 Å². The fourth-order valence-electron chi connectivity index (χ4n) is 2.05. The first-order chi connectivity index (χ1) is 9.15. The summed E-state index contributed by atoms with van der Waals surface area (Å²) in [6, 6.07) is 7.77. The molecule has 1 aromatic heterocycles. The molecule has 1 aromatic carbocycles. The molecule has 5 heteroatoms. The van der Waals surface area contributed by atoms with Gasteiger partial charge >= 0.3 is 0 Å². The first kappa shape index (κ1) is 13.1. The summed E-state index contributed by atoms with van der Waals surface area (Å²) in [5.41, 5.74) is 8.13. The van der Waals surface area contributed by atoms with Gasteiger partial charge < -0.3 is 5.73 Å². The molecule has 2 N–H and O–H groups in total. The third kappa shape index (κ3) is 2.84. The van der Waals surface area contributed by atoms with Crippen LogP contribution in [0.1, 0.15) is 35.8 Å². The summed E-state index contributed by atoms with van der Waals surface area (Å²) in [6.07, 6.45) is 3.04. The summed E-state index contributed by atoms with van der Waals surface area (Å²) in [7, 11) is 0. The average molecular weight is 386 g/mol. The molecule has 98 valence electrons. The van der Waals surface area contributed by atoms with Crippen LogP contribution in [0.4, 0.5) is 5.82 Å². The van der Waals surface area contributed by atoms with Gasteiger partial charge in [-0.25, -0.2) is 9.97 Å². The first-order valence-corrected chi connectivity index (χ1v) is 7.66. The Hall–Kier alpha value is -0.880. The lowest BCUT2D eigenvalue weighted by molar-refractivity contribution is 0.894. The lowest BCUT2D eigenvalue weighted by Crippen LogP contribution is -2.07. The zero-order valence-electron chi connectivity index (χ0n) is 10.2. The number of aromatic nitrogens is 2. The fourth-order valence-corrected chi connectivity index (χ4v) is 2.94. The van der Waals surface area contributed by atoms with Gasteiger partial charge in [-0.15, -0.1) is 0 Å². The first-order valence-electron chi connectivity index (χ1n) is 6.20. The largest absolute Gasteiger partial charge is 0.383 e. The highest BCUT2D eigenvalue weighted by Crippen LogP contribution is 2.42. The highest BCUT2D eigenvalue weighted by atomic mass is 127. The van der Waals surface area contributed by atoms with Crippen LogP contribution in [-0.4, -0.2) is 9.97 Å². The van der Waals surface area contributed by atoms with Gasteiger partial charge in [-0.2, -0.15) is 0 Å². The zero-order chi connectivity index (χ0) is 13.4. The predicted molar refractivity (Wildman–Crippen MR) is 85.4 cm³/mol. The number of nitrogen functional groups attached to an aromatic ring is 1. The van der Waals surface area contributed by atoms with E-state index in [0.717, 1.165) is 25.7 Å². The Morgan fingerprint density at radius 3 is 2.68 bits per heavy atom. The number of hydrogen-bond donors (Lipinski definition) is 1. The van der Waals surface area contributed by atoms with Crippen molar-refractivity contribution >= 4 is 40.0 Å². The average Bonchev–Trinajstić information content (AvgIpc) is 3.20. The Balaban J connectivity index is 1.95. The van der Waals surface area contributed by atoms with Crippen LogP contribution in [0, 0.1) is 3.57 Å². The number of anilines is 1. The summed E-state index contributed by atoms with van der Waals surface area (Å²) in [4.78, 5) is 9.05. The van der Waals surface area contributed by atoms with Gasteiger partial charge in [-0.05, 0) is 47.1 Å². The van der Waals surface area contributed by atoms with Crippen LogP contribution in [-0.2, 0) is 6.42 Å². The third-order valence-corrected chi connectivity index (χ3v) is 4.69. The van der Waals surface area contributed by atoms with Gasteiger partial charge in [0, 0.05) is 17.4 Å². The molecule has 0 spiro atoms. The summed E-state index contributed by atoms with van der Waals surface area (Å²) >= 11 is 8.41. The molecule has 1 heterocycles. The van der Waals surface area contributed by atoms with E-state index >= 15 is 0 Å². The van der Waals surface area contributed by atoms with Crippen molar-refractivity contribution in [2.24, 2.45) is 0 Å². The smallest absolute Gasteiger partial charge is 0.140 e. The summed E-state index contributed by atoms with van der Waals surface area (Å²) < 4.78 is 1.00. The minimum atomic E-state index is 0.571. The second-order valence-electron chi connectivity index (χ2n) is 4.77. The second-order valence-corrected chi connectivity index (χ2v) is 6.25. The Morgan fingerprint density at radius 1 is 1.26 bits per heavy atom. The van der Waals surface area contributed by atoms with Crippen molar-refractivity contribution in [3.8, 4) is 0 Å². The molecule has 0 amide bonds. The Morgan fingerprint density at radius 2 is 2.00 bits per heavy atom. The minimum Gasteiger partial charge on any atom is -0.383 e. The molecule has 3 nitrogen and oxygen atoms in total. The van der Waals surface area contributed by atoms with E-state index in [1.807, 2.05) is 24.3 Å². The van der Waals surface area contributed by atoms with Gasteiger partial charge in [0.15, 0.2) is 0 Å². The maximum Gasteiger partial charge on any atom is 0.140 e. The van der Waals surface area contributed by atoms with Crippen molar-refractivity contribution in [2.75, 3.05) is 5.73 Å². The normalized spacial score (nSPS) is 14.6. The molecule has 3 rings (SSSR count). The number of benzene rings is 1. The highest BCUT2D eigenvalue weighted by molar-refractivity contribution is 14.1. The van der Waals surface area contributed by atoms with Crippen molar-refractivity contribution in [1.82, 2.24) is 9.97 Å². The molecule has 0 radical (unpaired) electrons. The lowest BCUT2D eigenvalue weighted by Gasteiger charge is -2.09. The van der Waals surface area contributed by atoms with Crippen LogP contribution < -0.4 is 5.73 Å². The molecule has 0 unspecified atom stereocenters. The molecule has 0 saturated heterocycles. The van der Waals surface area contributed by atoms with Gasteiger partial charge in [0.2, 0.25) is 0 Å². The SMILES string of the molecule is Nc1nc(Cc2ccccc2Cl)nc(C2CC2)c1I. The van der Waals surface area contributed by atoms with E-state index in [9.17, 15) is 0 Å². The van der Waals surface area contributed by atoms with Crippen LogP contribution in [0.2, 0.25) is 5.02 Å².